The smallest absolute Gasteiger partial charge is 0.293 e. The minimum absolute atomic E-state index is 0. The van der Waals surface area contributed by atoms with Gasteiger partial charge < -0.3 is 19.2 Å². The molecule has 31 heavy (non-hydrogen) atoms. The van der Waals surface area contributed by atoms with E-state index in [1.54, 1.807) is 0 Å². The number of nitrogens with zero attached hydrogens (tertiary/aromatic N) is 3. The van der Waals surface area contributed by atoms with Crippen molar-refractivity contribution in [3.8, 4) is 22.8 Å². The van der Waals surface area contributed by atoms with Crippen molar-refractivity contribution >= 4 is 28.2 Å². The summed E-state index contributed by atoms with van der Waals surface area (Å²) in [6.07, 6.45) is 3.92. The fourth-order valence-corrected chi connectivity index (χ4v) is 3.05. The molecule has 1 atom stereocenters. The second kappa shape index (κ2) is 8.59. The third-order valence-corrected chi connectivity index (χ3v) is 4.45. The SMILES string of the molecule is Cn1cc(-c2nc(NS(=O)O)ncc2Oc2ccc(F)cc2F)c2ccoc2c1=O.O. The molecule has 0 saturated carbocycles. The van der Waals surface area contributed by atoms with Gasteiger partial charge in [-0.15, -0.1) is 0 Å². The van der Waals surface area contributed by atoms with E-state index in [-0.39, 0.29) is 34.2 Å². The van der Waals surface area contributed by atoms with Crippen LogP contribution in [0.25, 0.3) is 22.2 Å². The van der Waals surface area contributed by atoms with Crippen molar-refractivity contribution in [2.45, 2.75) is 0 Å². The third-order valence-electron chi connectivity index (χ3n) is 4.10. The molecule has 13 heteroatoms. The van der Waals surface area contributed by atoms with Crippen molar-refractivity contribution in [2.24, 2.45) is 7.05 Å². The summed E-state index contributed by atoms with van der Waals surface area (Å²) in [5, 5.41) is 0.386. The van der Waals surface area contributed by atoms with Gasteiger partial charge in [0.15, 0.2) is 22.9 Å². The first-order valence-corrected chi connectivity index (χ1v) is 9.39. The molecule has 4 N–H and O–H groups in total. The molecule has 0 saturated heterocycles. The maximum Gasteiger partial charge on any atom is 0.293 e. The largest absolute Gasteiger partial charge is 0.458 e. The molecule has 4 rings (SSSR count). The molecule has 0 fully saturated rings. The Morgan fingerprint density at radius 3 is 2.74 bits per heavy atom. The van der Waals surface area contributed by atoms with Crippen LogP contribution in [-0.2, 0) is 18.3 Å². The van der Waals surface area contributed by atoms with Crippen LogP contribution in [0, 0.1) is 11.6 Å². The number of hydrogen-bond donors (Lipinski definition) is 2. The van der Waals surface area contributed by atoms with Crippen LogP contribution < -0.4 is 15.0 Å². The van der Waals surface area contributed by atoms with Crippen LogP contribution in [0.3, 0.4) is 0 Å². The van der Waals surface area contributed by atoms with Gasteiger partial charge in [-0.05, 0) is 18.2 Å². The molecule has 162 valence electrons. The topological polar surface area (TPSA) is 151 Å². The zero-order valence-corrected chi connectivity index (χ0v) is 16.4. The van der Waals surface area contributed by atoms with Crippen LogP contribution >= 0.6 is 0 Å². The molecule has 0 aliphatic carbocycles. The molecular formula is C18H14F2N4O6S. The highest BCUT2D eigenvalue weighted by Gasteiger charge is 2.20. The van der Waals surface area contributed by atoms with Gasteiger partial charge >= 0.3 is 0 Å². The number of halogens is 2. The van der Waals surface area contributed by atoms with Crippen molar-refractivity contribution in [1.29, 1.82) is 0 Å². The lowest BCUT2D eigenvalue weighted by Crippen LogP contribution is -2.16. The quantitative estimate of drug-likeness (QED) is 0.441. The average molecular weight is 452 g/mol. The van der Waals surface area contributed by atoms with Gasteiger partial charge in [0.2, 0.25) is 5.95 Å². The van der Waals surface area contributed by atoms with Crippen LogP contribution in [0.1, 0.15) is 0 Å². The maximum atomic E-state index is 14.1. The molecule has 0 amide bonds. The van der Waals surface area contributed by atoms with Gasteiger partial charge in [0, 0.05) is 30.3 Å². The fraction of sp³-hybridized carbons (Fsp3) is 0.0556. The Morgan fingerprint density at radius 1 is 1.26 bits per heavy atom. The average Bonchev–Trinajstić information content (AvgIpc) is 3.18. The van der Waals surface area contributed by atoms with Gasteiger partial charge in [-0.3, -0.25) is 14.1 Å². The number of hydrogen-bond acceptors (Lipinski definition) is 6. The van der Waals surface area contributed by atoms with E-state index in [1.165, 1.54) is 30.1 Å². The second-order valence-corrected chi connectivity index (χ2v) is 6.76. The van der Waals surface area contributed by atoms with Crippen LogP contribution in [-0.4, -0.2) is 28.8 Å². The third kappa shape index (κ3) is 4.28. The Balaban J connectivity index is 0.00000272. The van der Waals surface area contributed by atoms with Crippen molar-refractivity contribution in [2.75, 3.05) is 4.72 Å². The predicted octanol–water partition coefficient (Wildman–Crippen LogP) is 2.38. The lowest BCUT2D eigenvalue weighted by Gasteiger charge is -2.13. The zero-order chi connectivity index (χ0) is 21.4. The Morgan fingerprint density at radius 2 is 2.03 bits per heavy atom. The van der Waals surface area contributed by atoms with Crippen molar-refractivity contribution < 1.29 is 32.2 Å². The Hall–Kier alpha value is -3.68. The summed E-state index contributed by atoms with van der Waals surface area (Å²) in [5.74, 6) is -2.28. The first-order valence-electron chi connectivity index (χ1n) is 8.28. The van der Waals surface area contributed by atoms with Crippen LogP contribution in [0.15, 0.2) is 52.1 Å². The number of nitrogens with one attached hydrogen (secondary N) is 1. The van der Waals surface area contributed by atoms with Gasteiger partial charge in [0.05, 0.1) is 12.5 Å². The van der Waals surface area contributed by atoms with E-state index in [9.17, 15) is 17.8 Å². The van der Waals surface area contributed by atoms with Crippen LogP contribution in [0.5, 0.6) is 11.5 Å². The summed E-state index contributed by atoms with van der Waals surface area (Å²) >= 11 is -2.45. The molecule has 3 heterocycles. The number of pyridine rings is 1. The highest BCUT2D eigenvalue weighted by Crippen LogP contribution is 2.36. The van der Waals surface area contributed by atoms with E-state index in [0.717, 1.165) is 18.3 Å². The normalized spacial score (nSPS) is 11.7. The summed E-state index contributed by atoms with van der Waals surface area (Å²) in [5.41, 5.74) is 0.0821. The minimum Gasteiger partial charge on any atom is -0.458 e. The molecule has 1 unspecified atom stereocenters. The number of aryl methyl sites for hydroxylation is 1. The highest BCUT2D eigenvalue weighted by atomic mass is 32.2. The van der Waals surface area contributed by atoms with Crippen molar-refractivity contribution in [3.63, 3.8) is 0 Å². The van der Waals surface area contributed by atoms with Gasteiger partial charge in [-0.25, -0.2) is 23.0 Å². The molecule has 4 aromatic rings. The summed E-state index contributed by atoms with van der Waals surface area (Å²) in [7, 11) is 1.50. The van der Waals surface area contributed by atoms with E-state index >= 15 is 0 Å². The molecule has 1 aromatic carbocycles. The second-order valence-electron chi connectivity index (χ2n) is 6.06. The Labute approximate surface area is 174 Å². The number of benzene rings is 1. The number of furan rings is 1. The van der Waals surface area contributed by atoms with E-state index in [1.807, 2.05) is 0 Å². The van der Waals surface area contributed by atoms with E-state index < -0.39 is 28.5 Å². The summed E-state index contributed by atoms with van der Waals surface area (Å²) in [6, 6.07) is 4.30. The standard InChI is InChI=1S/C18H12F2N4O5S.H2O/c1-24-8-11(10-4-5-28-16(10)17(24)25)15-14(7-21-18(22-15)23-30(26)27)29-13-3-2-9(19)6-12(13)20;/h2-8H,1H3,(H,26,27)(H,21,22,23);1H2. The maximum absolute atomic E-state index is 14.1. The van der Waals surface area contributed by atoms with E-state index in [2.05, 4.69) is 14.7 Å². The number of fused-ring (bicyclic) bond motifs is 1. The summed E-state index contributed by atoms with van der Waals surface area (Å²) in [6.45, 7) is 0. The first kappa shape index (κ1) is 22.0. The van der Waals surface area contributed by atoms with Crippen molar-refractivity contribution in [3.05, 3.63) is 64.9 Å². The van der Waals surface area contributed by atoms with Gasteiger partial charge in [-0.1, -0.05) is 0 Å². The highest BCUT2D eigenvalue weighted by molar-refractivity contribution is 7.80. The molecule has 10 nitrogen and oxygen atoms in total. The molecule has 3 aromatic heterocycles. The summed E-state index contributed by atoms with van der Waals surface area (Å²) < 4.78 is 61.6. The predicted molar refractivity (Wildman–Crippen MR) is 107 cm³/mol. The van der Waals surface area contributed by atoms with Crippen LogP contribution in [0.4, 0.5) is 14.7 Å². The van der Waals surface area contributed by atoms with Crippen molar-refractivity contribution in [1.82, 2.24) is 14.5 Å². The van der Waals surface area contributed by atoms with Crippen LogP contribution in [0.2, 0.25) is 0 Å². The number of ether oxygens (including phenoxy) is 1. The van der Waals surface area contributed by atoms with Gasteiger partial charge in [-0.2, -0.15) is 0 Å². The first-order chi connectivity index (χ1) is 14.3. The molecule has 0 aliphatic heterocycles. The number of anilines is 1. The molecule has 0 bridgehead atoms. The van der Waals surface area contributed by atoms with E-state index in [0.29, 0.717) is 17.0 Å². The molecule has 0 aliphatic rings. The Bertz CT molecular complexity index is 1360. The molecular weight excluding hydrogens is 438 g/mol. The zero-order valence-electron chi connectivity index (χ0n) is 15.6. The molecule has 0 radical (unpaired) electrons. The number of rotatable bonds is 5. The number of aromatic nitrogens is 3. The lowest BCUT2D eigenvalue weighted by atomic mass is 10.1. The van der Waals surface area contributed by atoms with Gasteiger partial charge in [0.1, 0.15) is 11.5 Å². The molecule has 0 spiro atoms. The Kier molecular flexibility index (Phi) is 6.10. The minimum atomic E-state index is -2.45. The van der Waals surface area contributed by atoms with E-state index in [4.69, 9.17) is 13.7 Å². The monoisotopic (exact) mass is 452 g/mol. The fourth-order valence-electron chi connectivity index (χ4n) is 2.80. The summed E-state index contributed by atoms with van der Waals surface area (Å²) in [4.78, 5) is 20.3. The lowest BCUT2D eigenvalue weighted by molar-refractivity contribution is 0.436. The van der Waals surface area contributed by atoms with Gasteiger partial charge in [0.25, 0.3) is 16.8 Å².